The van der Waals surface area contributed by atoms with Crippen molar-refractivity contribution in [1.29, 1.82) is 0 Å². The molecule has 1 unspecified atom stereocenters. The van der Waals surface area contributed by atoms with E-state index in [1.165, 1.54) is 23.9 Å². The Kier molecular flexibility index (Phi) is 7.16. The topological polar surface area (TPSA) is 47.4 Å². The summed E-state index contributed by atoms with van der Waals surface area (Å²) >= 11 is 7.47. The van der Waals surface area contributed by atoms with Crippen LogP contribution < -0.4 is 0 Å². The second-order valence-electron chi connectivity index (χ2n) is 6.69. The van der Waals surface area contributed by atoms with Crippen LogP contribution in [-0.2, 0) is 16.1 Å². The summed E-state index contributed by atoms with van der Waals surface area (Å²) in [4.78, 5) is 19.1. The Balaban J connectivity index is 1.73. The van der Waals surface area contributed by atoms with E-state index in [-0.39, 0.29) is 23.5 Å². The van der Waals surface area contributed by atoms with Gasteiger partial charge in [0.25, 0.3) is 0 Å². The summed E-state index contributed by atoms with van der Waals surface area (Å²) in [7, 11) is 3.41. The minimum absolute atomic E-state index is 0.0322. The summed E-state index contributed by atoms with van der Waals surface area (Å²) in [5, 5.41) is 1.37. The number of amides is 1. The molecular formula is C21H23ClFN3O2S. The Labute approximate surface area is 178 Å². The van der Waals surface area contributed by atoms with E-state index in [1.807, 2.05) is 29.7 Å². The molecule has 0 spiro atoms. The standard InChI is InChI=1S/C21H23ClFN3O2S/c1-14(15-4-7-17(23)8-5-15)25(2)20(27)13-29-21-24-18-12-16(22)6-9-19(18)26(21)10-11-28-3/h4-9,12,14H,10-11,13H2,1-3H3. The Bertz CT molecular complexity index is 994. The first-order valence-electron chi connectivity index (χ1n) is 9.19. The summed E-state index contributed by atoms with van der Waals surface area (Å²) < 4.78 is 20.4. The van der Waals surface area contributed by atoms with Crippen molar-refractivity contribution in [3.05, 3.63) is 58.9 Å². The number of aromatic nitrogens is 2. The molecule has 5 nitrogen and oxygen atoms in total. The molecule has 0 saturated heterocycles. The molecular weight excluding hydrogens is 413 g/mol. The van der Waals surface area contributed by atoms with Crippen LogP contribution in [0, 0.1) is 5.82 Å². The molecule has 1 amide bonds. The van der Waals surface area contributed by atoms with E-state index >= 15 is 0 Å². The molecule has 8 heteroatoms. The van der Waals surface area contributed by atoms with E-state index in [9.17, 15) is 9.18 Å². The molecule has 1 heterocycles. The molecule has 0 saturated carbocycles. The zero-order valence-electron chi connectivity index (χ0n) is 16.6. The van der Waals surface area contributed by atoms with Crippen molar-refractivity contribution in [2.24, 2.45) is 0 Å². The van der Waals surface area contributed by atoms with Gasteiger partial charge >= 0.3 is 0 Å². The quantitative estimate of drug-likeness (QED) is 0.477. The average molecular weight is 436 g/mol. The number of carbonyl (C=O) groups excluding carboxylic acids is 1. The molecule has 0 N–H and O–H groups in total. The number of fused-ring (bicyclic) bond motifs is 1. The summed E-state index contributed by atoms with van der Waals surface area (Å²) in [6, 6.07) is 11.6. The lowest BCUT2D eigenvalue weighted by atomic mass is 10.1. The highest BCUT2D eigenvalue weighted by Gasteiger charge is 2.19. The van der Waals surface area contributed by atoms with E-state index in [1.54, 1.807) is 31.2 Å². The Morgan fingerprint density at radius 3 is 2.72 bits per heavy atom. The first-order chi connectivity index (χ1) is 13.9. The first-order valence-corrected chi connectivity index (χ1v) is 10.6. The number of rotatable bonds is 8. The van der Waals surface area contributed by atoms with Crippen molar-refractivity contribution in [3.63, 3.8) is 0 Å². The van der Waals surface area contributed by atoms with Gasteiger partial charge in [-0.05, 0) is 42.8 Å². The highest BCUT2D eigenvalue weighted by atomic mass is 35.5. The molecule has 2 aromatic carbocycles. The molecule has 0 aliphatic carbocycles. The fraction of sp³-hybridized carbons (Fsp3) is 0.333. The number of thioether (sulfide) groups is 1. The second-order valence-corrected chi connectivity index (χ2v) is 8.07. The Morgan fingerprint density at radius 2 is 2.03 bits per heavy atom. The van der Waals surface area contributed by atoms with Crippen molar-refractivity contribution < 1.29 is 13.9 Å². The number of imidazole rings is 1. The smallest absolute Gasteiger partial charge is 0.233 e. The number of ether oxygens (including phenoxy) is 1. The van der Waals surface area contributed by atoms with Gasteiger partial charge in [0.2, 0.25) is 5.91 Å². The molecule has 0 bridgehead atoms. The Hall–Kier alpha value is -2.09. The van der Waals surface area contributed by atoms with Crippen molar-refractivity contribution >= 4 is 40.3 Å². The van der Waals surface area contributed by atoms with Crippen molar-refractivity contribution in [2.45, 2.75) is 24.7 Å². The van der Waals surface area contributed by atoms with Gasteiger partial charge in [-0.1, -0.05) is 35.5 Å². The molecule has 0 aliphatic rings. The minimum atomic E-state index is -0.291. The number of halogens is 2. The molecule has 1 aromatic heterocycles. The number of hydrogen-bond acceptors (Lipinski definition) is 4. The molecule has 0 fully saturated rings. The molecule has 0 radical (unpaired) electrons. The summed E-state index contributed by atoms with van der Waals surface area (Å²) in [6.45, 7) is 3.09. The normalized spacial score (nSPS) is 12.3. The lowest BCUT2D eigenvalue weighted by Crippen LogP contribution is -2.31. The lowest BCUT2D eigenvalue weighted by molar-refractivity contribution is -0.128. The summed E-state index contributed by atoms with van der Waals surface area (Å²) in [5.74, 6) is -0.0812. The zero-order valence-corrected chi connectivity index (χ0v) is 18.1. The van der Waals surface area contributed by atoms with Gasteiger partial charge in [-0.25, -0.2) is 9.37 Å². The van der Waals surface area contributed by atoms with Gasteiger partial charge in [-0.15, -0.1) is 0 Å². The largest absolute Gasteiger partial charge is 0.383 e. The van der Waals surface area contributed by atoms with Gasteiger partial charge in [0.15, 0.2) is 5.16 Å². The molecule has 29 heavy (non-hydrogen) atoms. The highest BCUT2D eigenvalue weighted by Crippen LogP contribution is 2.27. The summed E-state index contributed by atoms with van der Waals surface area (Å²) in [5.41, 5.74) is 2.63. The fourth-order valence-corrected chi connectivity index (χ4v) is 4.13. The van der Waals surface area contributed by atoms with Crippen molar-refractivity contribution in [3.8, 4) is 0 Å². The van der Waals surface area contributed by atoms with Crippen LogP contribution in [0.4, 0.5) is 4.39 Å². The SMILES string of the molecule is COCCn1c(SCC(=O)N(C)C(C)c2ccc(F)cc2)nc2cc(Cl)ccc21. The minimum Gasteiger partial charge on any atom is -0.383 e. The number of benzene rings is 2. The third kappa shape index (κ3) is 5.10. The van der Waals surface area contributed by atoms with E-state index < -0.39 is 0 Å². The predicted octanol–water partition coefficient (Wildman–Crippen LogP) is 4.79. The predicted molar refractivity (Wildman–Crippen MR) is 115 cm³/mol. The van der Waals surface area contributed by atoms with Gasteiger partial charge in [0.1, 0.15) is 5.82 Å². The molecule has 3 rings (SSSR count). The van der Waals surface area contributed by atoms with Crippen molar-refractivity contribution in [2.75, 3.05) is 26.5 Å². The van der Waals surface area contributed by atoms with Crippen LogP contribution in [-0.4, -0.2) is 46.9 Å². The number of methoxy groups -OCH3 is 1. The van der Waals surface area contributed by atoms with Crippen LogP contribution in [0.1, 0.15) is 18.5 Å². The lowest BCUT2D eigenvalue weighted by Gasteiger charge is -2.25. The molecule has 1 atom stereocenters. The average Bonchev–Trinajstić information content (AvgIpc) is 3.06. The molecule has 0 aliphatic heterocycles. The van der Waals surface area contributed by atoms with E-state index in [4.69, 9.17) is 16.3 Å². The van der Waals surface area contributed by atoms with Gasteiger partial charge in [-0.2, -0.15) is 0 Å². The zero-order chi connectivity index (χ0) is 21.0. The van der Waals surface area contributed by atoms with Crippen LogP contribution in [0.3, 0.4) is 0 Å². The van der Waals surface area contributed by atoms with Crippen LogP contribution in [0.25, 0.3) is 11.0 Å². The maximum Gasteiger partial charge on any atom is 0.233 e. The van der Waals surface area contributed by atoms with E-state index in [0.29, 0.717) is 18.2 Å². The maximum atomic E-state index is 13.1. The third-order valence-electron chi connectivity index (χ3n) is 4.85. The van der Waals surface area contributed by atoms with Gasteiger partial charge in [0.05, 0.1) is 29.4 Å². The molecule has 3 aromatic rings. The van der Waals surface area contributed by atoms with Crippen LogP contribution in [0.15, 0.2) is 47.6 Å². The second kappa shape index (κ2) is 9.61. The van der Waals surface area contributed by atoms with E-state index in [0.717, 1.165) is 21.8 Å². The van der Waals surface area contributed by atoms with Gasteiger partial charge in [-0.3, -0.25) is 4.79 Å². The van der Waals surface area contributed by atoms with E-state index in [2.05, 4.69) is 4.98 Å². The van der Waals surface area contributed by atoms with Gasteiger partial charge in [0, 0.05) is 25.7 Å². The first kappa shape index (κ1) is 21.6. The Morgan fingerprint density at radius 1 is 1.31 bits per heavy atom. The van der Waals surface area contributed by atoms with Crippen molar-refractivity contribution in [1.82, 2.24) is 14.5 Å². The van der Waals surface area contributed by atoms with Crippen LogP contribution in [0.5, 0.6) is 0 Å². The van der Waals surface area contributed by atoms with Gasteiger partial charge < -0.3 is 14.2 Å². The third-order valence-corrected chi connectivity index (χ3v) is 6.04. The monoisotopic (exact) mass is 435 g/mol. The summed E-state index contributed by atoms with van der Waals surface area (Å²) in [6.07, 6.45) is 0. The number of nitrogens with zero attached hydrogens (tertiary/aromatic N) is 3. The van der Waals surface area contributed by atoms with Crippen LogP contribution >= 0.6 is 23.4 Å². The molecule has 154 valence electrons. The highest BCUT2D eigenvalue weighted by molar-refractivity contribution is 7.99. The number of carbonyl (C=O) groups is 1. The van der Waals surface area contributed by atoms with Crippen LogP contribution in [0.2, 0.25) is 5.02 Å². The maximum absolute atomic E-state index is 13.1. The number of hydrogen-bond donors (Lipinski definition) is 0. The fourth-order valence-electron chi connectivity index (χ4n) is 3.00.